The van der Waals surface area contributed by atoms with Gasteiger partial charge in [0.25, 0.3) is 0 Å². The van der Waals surface area contributed by atoms with Crippen LogP contribution in [-0.2, 0) is 11.3 Å². The van der Waals surface area contributed by atoms with E-state index in [2.05, 4.69) is 5.32 Å². The van der Waals surface area contributed by atoms with Crippen molar-refractivity contribution in [2.75, 3.05) is 17.3 Å². The molecule has 2 rings (SSSR count). The van der Waals surface area contributed by atoms with Gasteiger partial charge in [-0.2, -0.15) is 23.5 Å². The molecule has 1 heterocycles. The lowest BCUT2D eigenvalue weighted by Crippen LogP contribution is -2.28. The summed E-state index contributed by atoms with van der Waals surface area (Å²) in [5.74, 6) is 2.48. The van der Waals surface area contributed by atoms with E-state index in [1.54, 1.807) is 24.3 Å². The number of thioether (sulfide) groups is 2. The summed E-state index contributed by atoms with van der Waals surface area (Å²) in [6.07, 6.45) is 0.560. The molecule has 0 aromatic heterocycles. The number of carbonyl (C=O) groups is 2. The molecular formula is C14H17NO3S2. The average Bonchev–Trinajstić information content (AvgIpc) is 2.46. The summed E-state index contributed by atoms with van der Waals surface area (Å²) < 4.78 is 0. The molecule has 1 aliphatic heterocycles. The second kappa shape index (κ2) is 7.59. The largest absolute Gasteiger partial charge is 0.478 e. The summed E-state index contributed by atoms with van der Waals surface area (Å²) in [5, 5.41) is 12.1. The number of carbonyl (C=O) groups excluding carboxylic acids is 1. The number of hydrogen-bond acceptors (Lipinski definition) is 4. The summed E-state index contributed by atoms with van der Waals surface area (Å²) in [6.45, 7) is 0.448. The molecule has 2 N–H and O–H groups in total. The van der Waals surface area contributed by atoms with Crippen molar-refractivity contribution in [3.63, 3.8) is 0 Å². The van der Waals surface area contributed by atoms with Crippen molar-refractivity contribution in [3.05, 3.63) is 35.4 Å². The summed E-state index contributed by atoms with van der Waals surface area (Å²) in [4.78, 5) is 22.6. The number of carboxylic acids is 1. The van der Waals surface area contributed by atoms with E-state index in [1.165, 1.54) is 5.75 Å². The van der Waals surface area contributed by atoms with E-state index in [0.717, 1.165) is 17.1 Å². The molecule has 1 aromatic rings. The third-order valence-electron chi connectivity index (χ3n) is 2.99. The van der Waals surface area contributed by atoms with Crippen molar-refractivity contribution in [1.82, 2.24) is 5.32 Å². The normalized spacial score (nSPS) is 18.5. The fourth-order valence-corrected chi connectivity index (χ4v) is 4.58. The van der Waals surface area contributed by atoms with Crippen LogP contribution in [-0.4, -0.2) is 39.5 Å². The maximum atomic E-state index is 11.8. The van der Waals surface area contributed by atoms with Crippen molar-refractivity contribution in [2.24, 2.45) is 0 Å². The molecule has 0 radical (unpaired) electrons. The highest BCUT2D eigenvalue weighted by molar-refractivity contribution is 8.06. The monoisotopic (exact) mass is 311 g/mol. The van der Waals surface area contributed by atoms with Crippen LogP contribution in [0.15, 0.2) is 24.3 Å². The summed E-state index contributed by atoms with van der Waals surface area (Å²) in [6, 6.07) is 6.57. The van der Waals surface area contributed by atoms with Gasteiger partial charge < -0.3 is 10.4 Å². The van der Waals surface area contributed by atoms with Crippen molar-refractivity contribution in [2.45, 2.75) is 18.2 Å². The Balaban J connectivity index is 1.76. The molecule has 108 valence electrons. The summed E-state index contributed by atoms with van der Waals surface area (Å²) in [7, 11) is 0. The van der Waals surface area contributed by atoms with Crippen LogP contribution in [0.3, 0.4) is 0 Å². The highest BCUT2D eigenvalue weighted by Crippen LogP contribution is 2.26. The number of carboxylic acid groups (broad SMARTS) is 1. The minimum Gasteiger partial charge on any atom is -0.478 e. The van der Waals surface area contributed by atoms with Crippen LogP contribution in [0.25, 0.3) is 0 Å². The topological polar surface area (TPSA) is 66.4 Å². The van der Waals surface area contributed by atoms with Gasteiger partial charge in [0.1, 0.15) is 0 Å². The molecule has 0 saturated carbocycles. The minimum atomic E-state index is -0.938. The zero-order chi connectivity index (χ0) is 14.4. The molecule has 4 nitrogen and oxygen atoms in total. The number of rotatable bonds is 5. The van der Waals surface area contributed by atoms with E-state index < -0.39 is 5.97 Å². The second-order valence-corrected chi connectivity index (χ2v) is 7.11. The van der Waals surface area contributed by atoms with Gasteiger partial charge in [-0.15, -0.1) is 0 Å². The molecule has 6 heteroatoms. The number of amides is 1. The number of hydrogen-bond donors (Lipinski definition) is 2. The average molecular weight is 311 g/mol. The predicted octanol–water partition coefficient (Wildman–Crippen LogP) is 2.24. The van der Waals surface area contributed by atoms with Crippen molar-refractivity contribution in [3.8, 4) is 0 Å². The van der Waals surface area contributed by atoms with E-state index in [1.807, 2.05) is 23.5 Å². The van der Waals surface area contributed by atoms with Crippen LogP contribution in [0, 0.1) is 0 Å². The maximum absolute atomic E-state index is 11.8. The molecular weight excluding hydrogens is 294 g/mol. The molecule has 0 spiro atoms. The Bertz CT molecular complexity index is 470. The highest BCUT2D eigenvalue weighted by Gasteiger charge is 2.17. The van der Waals surface area contributed by atoms with Crippen LogP contribution in [0.4, 0.5) is 0 Å². The standard InChI is InChI=1S/C14H17NO3S2/c16-13(7-12-9-19-5-6-20-12)15-8-10-1-3-11(4-2-10)14(17)18/h1-4,12H,5-9H2,(H,15,16)(H,17,18). The van der Waals surface area contributed by atoms with Crippen molar-refractivity contribution >= 4 is 35.4 Å². The predicted molar refractivity (Wildman–Crippen MR) is 83.4 cm³/mol. The van der Waals surface area contributed by atoms with Crippen LogP contribution >= 0.6 is 23.5 Å². The molecule has 0 bridgehead atoms. The first kappa shape index (κ1) is 15.3. The van der Waals surface area contributed by atoms with Gasteiger partial charge in [0.2, 0.25) is 5.91 Å². The number of aromatic carboxylic acids is 1. The first-order valence-corrected chi connectivity index (χ1v) is 8.64. The van der Waals surface area contributed by atoms with Crippen LogP contribution in [0.5, 0.6) is 0 Å². The summed E-state index contributed by atoms with van der Waals surface area (Å²) in [5.41, 5.74) is 1.17. The van der Waals surface area contributed by atoms with Crippen molar-refractivity contribution in [1.29, 1.82) is 0 Å². The lowest BCUT2D eigenvalue weighted by Gasteiger charge is -2.20. The van der Waals surface area contributed by atoms with Gasteiger partial charge in [-0.3, -0.25) is 4.79 Å². The SMILES string of the molecule is O=C(CC1CSCCS1)NCc1ccc(C(=O)O)cc1. The molecule has 1 aliphatic rings. The molecule has 1 saturated heterocycles. The van der Waals surface area contributed by atoms with E-state index in [-0.39, 0.29) is 11.5 Å². The first-order chi connectivity index (χ1) is 9.65. The van der Waals surface area contributed by atoms with Gasteiger partial charge in [0, 0.05) is 35.5 Å². The molecule has 1 atom stereocenters. The van der Waals surface area contributed by atoms with E-state index in [0.29, 0.717) is 18.2 Å². The van der Waals surface area contributed by atoms with Gasteiger partial charge >= 0.3 is 5.97 Å². The van der Waals surface area contributed by atoms with Gasteiger partial charge in [-0.05, 0) is 17.7 Å². The first-order valence-electron chi connectivity index (χ1n) is 6.43. The third kappa shape index (κ3) is 4.76. The summed E-state index contributed by atoms with van der Waals surface area (Å²) >= 11 is 3.78. The van der Waals surface area contributed by atoms with E-state index in [9.17, 15) is 9.59 Å². The zero-order valence-corrected chi connectivity index (χ0v) is 12.6. The van der Waals surface area contributed by atoms with Gasteiger partial charge in [0.05, 0.1) is 5.56 Å². The Morgan fingerprint density at radius 1 is 1.25 bits per heavy atom. The number of nitrogens with one attached hydrogen (secondary N) is 1. The lowest BCUT2D eigenvalue weighted by molar-refractivity contribution is -0.121. The van der Waals surface area contributed by atoms with E-state index >= 15 is 0 Å². The molecule has 0 aliphatic carbocycles. The molecule has 1 unspecified atom stereocenters. The molecule has 1 amide bonds. The Hall–Kier alpha value is -1.14. The van der Waals surface area contributed by atoms with Gasteiger partial charge in [0.15, 0.2) is 0 Å². The van der Waals surface area contributed by atoms with Gasteiger partial charge in [-0.1, -0.05) is 12.1 Å². The van der Waals surface area contributed by atoms with Crippen molar-refractivity contribution < 1.29 is 14.7 Å². The van der Waals surface area contributed by atoms with Gasteiger partial charge in [-0.25, -0.2) is 4.79 Å². The quantitative estimate of drug-likeness (QED) is 0.873. The number of benzene rings is 1. The second-order valence-electron chi connectivity index (χ2n) is 4.55. The molecule has 1 fully saturated rings. The van der Waals surface area contributed by atoms with E-state index in [4.69, 9.17) is 5.11 Å². The zero-order valence-electron chi connectivity index (χ0n) is 11.0. The maximum Gasteiger partial charge on any atom is 0.335 e. The fourth-order valence-electron chi connectivity index (χ4n) is 1.90. The Morgan fingerprint density at radius 3 is 2.60 bits per heavy atom. The fraction of sp³-hybridized carbons (Fsp3) is 0.429. The molecule has 20 heavy (non-hydrogen) atoms. The lowest BCUT2D eigenvalue weighted by atomic mass is 10.1. The smallest absolute Gasteiger partial charge is 0.335 e. The highest BCUT2D eigenvalue weighted by atomic mass is 32.2. The van der Waals surface area contributed by atoms with Crippen LogP contribution in [0.1, 0.15) is 22.3 Å². The Morgan fingerprint density at radius 2 is 2.00 bits per heavy atom. The molecule has 1 aromatic carbocycles. The van der Waals surface area contributed by atoms with Crippen LogP contribution in [0.2, 0.25) is 0 Å². The van der Waals surface area contributed by atoms with Crippen LogP contribution < -0.4 is 5.32 Å². The minimum absolute atomic E-state index is 0.0623. The Labute approximate surface area is 126 Å². The third-order valence-corrected chi connectivity index (χ3v) is 5.83. The Kier molecular flexibility index (Phi) is 5.79.